The van der Waals surface area contributed by atoms with Gasteiger partial charge in [0, 0.05) is 44.2 Å². The minimum absolute atomic E-state index is 0.0159. The maximum atomic E-state index is 13.1. The lowest BCUT2D eigenvalue weighted by molar-refractivity contribution is -0.385. The fourth-order valence-electron chi connectivity index (χ4n) is 3.93. The summed E-state index contributed by atoms with van der Waals surface area (Å²) in [6.45, 7) is 2.20. The van der Waals surface area contributed by atoms with Crippen LogP contribution in [0.5, 0.6) is 0 Å². The average molecular weight is 421 g/mol. The summed E-state index contributed by atoms with van der Waals surface area (Å²) in [6.07, 6.45) is 3.04. The molecule has 0 spiro atoms. The van der Waals surface area contributed by atoms with Crippen molar-refractivity contribution in [1.29, 1.82) is 0 Å². The van der Waals surface area contributed by atoms with Crippen molar-refractivity contribution in [1.82, 2.24) is 18.7 Å². The predicted molar refractivity (Wildman–Crippen MR) is 104 cm³/mol. The molecular formula is C18H23N5O5S. The number of nitro benzene ring substituents is 1. The topological polar surface area (TPSA) is 120 Å². The summed E-state index contributed by atoms with van der Waals surface area (Å²) in [5.41, 5.74) is 0.112. The monoisotopic (exact) mass is 421 g/mol. The van der Waals surface area contributed by atoms with E-state index in [0.29, 0.717) is 18.4 Å². The van der Waals surface area contributed by atoms with Crippen LogP contribution in [0.1, 0.15) is 49.0 Å². The number of nitro groups is 1. The third kappa shape index (κ3) is 3.48. The average Bonchev–Trinajstić information content (AvgIpc) is 3.47. The first-order valence-corrected chi connectivity index (χ1v) is 11.0. The molecule has 10 nitrogen and oxygen atoms in total. The first kappa shape index (κ1) is 19.8. The third-order valence-electron chi connectivity index (χ3n) is 5.71. The molecule has 1 saturated carbocycles. The minimum Gasteiger partial charge on any atom is -0.276 e. The molecule has 11 heteroatoms. The van der Waals surface area contributed by atoms with Gasteiger partial charge in [0.25, 0.3) is 5.69 Å². The van der Waals surface area contributed by atoms with E-state index in [2.05, 4.69) is 5.10 Å². The van der Waals surface area contributed by atoms with Crippen LogP contribution < -0.4 is 5.69 Å². The van der Waals surface area contributed by atoms with Crippen molar-refractivity contribution in [2.24, 2.45) is 7.05 Å². The maximum absolute atomic E-state index is 13.1. The molecule has 156 valence electrons. The zero-order valence-electron chi connectivity index (χ0n) is 16.3. The highest BCUT2D eigenvalue weighted by molar-refractivity contribution is 7.89. The molecule has 1 aromatic heterocycles. The molecule has 29 heavy (non-hydrogen) atoms. The van der Waals surface area contributed by atoms with Crippen LogP contribution >= 0.6 is 0 Å². The number of aryl methyl sites for hydroxylation is 2. The number of hydrogen-bond donors (Lipinski definition) is 0. The summed E-state index contributed by atoms with van der Waals surface area (Å²) in [5.74, 6) is 0.755. The van der Waals surface area contributed by atoms with Gasteiger partial charge in [-0.25, -0.2) is 17.9 Å². The van der Waals surface area contributed by atoms with Gasteiger partial charge in [0.15, 0.2) is 0 Å². The fraction of sp³-hybridized carbons (Fsp3) is 0.556. The van der Waals surface area contributed by atoms with Crippen molar-refractivity contribution in [3.8, 4) is 0 Å². The summed E-state index contributed by atoms with van der Waals surface area (Å²) in [5, 5.41) is 15.5. The molecular weight excluding hydrogens is 398 g/mol. The molecule has 0 radical (unpaired) electrons. The van der Waals surface area contributed by atoms with Gasteiger partial charge in [-0.05, 0) is 38.2 Å². The van der Waals surface area contributed by atoms with Crippen LogP contribution in [0.25, 0.3) is 0 Å². The lowest BCUT2D eigenvalue weighted by atomic mass is 9.97. The van der Waals surface area contributed by atoms with E-state index in [4.69, 9.17) is 0 Å². The summed E-state index contributed by atoms with van der Waals surface area (Å²) in [4.78, 5) is 22.8. The number of non-ortho nitro benzene ring substituents is 1. The van der Waals surface area contributed by atoms with Crippen LogP contribution in [-0.2, 0) is 17.1 Å². The van der Waals surface area contributed by atoms with Gasteiger partial charge >= 0.3 is 5.69 Å². The van der Waals surface area contributed by atoms with Gasteiger partial charge in [0.05, 0.1) is 9.82 Å². The molecule has 0 N–H and O–H groups in total. The Morgan fingerprint density at radius 2 is 1.83 bits per heavy atom. The van der Waals surface area contributed by atoms with Crippen LogP contribution in [0, 0.1) is 17.0 Å². The lowest BCUT2D eigenvalue weighted by Gasteiger charge is -2.31. The molecule has 0 unspecified atom stereocenters. The number of benzene rings is 1. The van der Waals surface area contributed by atoms with Crippen molar-refractivity contribution >= 4 is 15.7 Å². The Hall–Kier alpha value is -2.53. The van der Waals surface area contributed by atoms with Crippen molar-refractivity contribution < 1.29 is 13.3 Å². The minimum atomic E-state index is -3.84. The molecule has 1 aliphatic carbocycles. The van der Waals surface area contributed by atoms with Gasteiger partial charge < -0.3 is 0 Å². The normalized spacial score (nSPS) is 18.8. The quantitative estimate of drug-likeness (QED) is 0.535. The van der Waals surface area contributed by atoms with E-state index in [1.54, 1.807) is 18.5 Å². The number of sulfonamides is 1. The van der Waals surface area contributed by atoms with Gasteiger partial charge in [-0.15, -0.1) is 0 Å². The molecule has 2 aromatic rings. The van der Waals surface area contributed by atoms with Crippen LogP contribution in [-0.4, -0.2) is 45.1 Å². The highest BCUT2D eigenvalue weighted by Gasteiger charge is 2.36. The van der Waals surface area contributed by atoms with Crippen LogP contribution in [0.4, 0.5) is 5.69 Å². The van der Waals surface area contributed by atoms with Crippen LogP contribution in [0.15, 0.2) is 27.9 Å². The fourth-order valence-corrected chi connectivity index (χ4v) is 5.64. The Balaban J connectivity index is 1.56. The van der Waals surface area contributed by atoms with Crippen molar-refractivity contribution in [2.75, 3.05) is 13.1 Å². The molecule has 0 amide bonds. The van der Waals surface area contributed by atoms with E-state index in [1.165, 1.54) is 21.1 Å². The van der Waals surface area contributed by atoms with Crippen LogP contribution in [0.3, 0.4) is 0 Å². The SMILES string of the molecule is Cc1ccc([N+](=O)[O-])cc1S(=O)(=O)N1CCC(c2nn(C)c(=O)n2C2CC2)CC1. The Morgan fingerprint density at radius 3 is 2.41 bits per heavy atom. The van der Waals surface area contributed by atoms with Gasteiger partial charge in [0.1, 0.15) is 5.82 Å². The molecule has 1 saturated heterocycles. The van der Waals surface area contributed by atoms with E-state index in [1.807, 2.05) is 0 Å². The largest absolute Gasteiger partial charge is 0.345 e. The van der Waals surface area contributed by atoms with E-state index in [9.17, 15) is 23.3 Å². The van der Waals surface area contributed by atoms with E-state index in [-0.39, 0.29) is 41.3 Å². The smallest absolute Gasteiger partial charge is 0.276 e. The second-order valence-electron chi connectivity index (χ2n) is 7.75. The number of aromatic nitrogens is 3. The summed E-state index contributed by atoms with van der Waals surface area (Å²) >= 11 is 0. The highest BCUT2D eigenvalue weighted by Crippen LogP contribution is 2.38. The zero-order valence-corrected chi connectivity index (χ0v) is 17.1. The predicted octanol–water partition coefficient (Wildman–Crippen LogP) is 1.70. The van der Waals surface area contributed by atoms with Crippen LogP contribution in [0.2, 0.25) is 0 Å². The standard InChI is InChI=1S/C18H23N5O5S/c1-12-3-4-15(23(25)26)11-16(12)29(27,28)21-9-7-13(8-10-21)17-19-20(2)18(24)22(17)14-5-6-14/h3-4,11,13-14H,5-10H2,1-2H3. The van der Waals surface area contributed by atoms with Crippen molar-refractivity contribution in [3.05, 3.63) is 50.2 Å². The van der Waals surface area contributed by atoms with E-state index >= 15 is 0 Å². The number of hydrogen-bond acceptors (Lipinski definition) is 6. The zero-order chi connectivity index (χ0) is 20.9. The second kappa shape index (κ2) is 7.06. The highest BCUT2D eigenvalue weighted by atomic mass is 32.2. The number of rotatable bonds is 5. The van der Waals surface area contributed by atoms with Gasteiger partial charge in [-0.2, -0.15) is 9.40 Å². The summed E-state index contributed by atoms with van der Waals surface area (Å²) < 4.78 is 30.7. The number of nitrogens with zero attached hydrogens (tertiary/aromatic N) is 5. The molecule has 2 heterocycles. The van der Waals surface area contributed by atoms with Crippen molar-refractivity contribution in [2.45, 2.75) is 49.5 Å². The van der Waals surface area contributed by atoms with Gasteiger partial charge in [-0.1, -0.05) is 6.07 Å². The Morgan fingerprint density at radius 1 is 1.17 bits per heavy atom. The molecule has 2 aliphatic rings. The molecule has 0 atom stereocenters. The Bertz CT molecular complexity index is 1120. The van der Waals surface area contributed by atoms with Gasteiger partial charge in [0.2, 0.25) is 10.0 Å². The first-order chi connectivity index (χ1) is 13.7. The number of piperidine rings is 1. The molecule has 2 fully saturated rings. The first-order valence-electron chi connectivity index (χ1n) is 9.60. The Kier molecular flexibility index (Phi) is 4.82. The summed E-state index contributed by atoms with van der Waals surface area (Å²) in [6, 6.07) is 4.10. The maximum Gasteiger partial charge on any atom is 0.345 e. The third-order valence-corrected chi connectivity index (χ3v) is 7.75. The lowest BCUT2D eigenvalue weighted by Crippen LogP contribution is -2.38. The molecule has 4 rings (SSSR count). The Labute approximate surface area is 167 Å². The molecule has 1 aliphatic heterocycles. The molecule has 0 bridgehead atoms. The summed E-state index contributed by atoms with van der Waals surface area (Å²) in [7, 11) is -2.20. The molecule has 1 aromatic carbocycles. The van der Waals surface area contributed by atoms with Crippen molar-refractivity contribution in [3.63, 3.8) is 0 Å². The van der Waals surface area contributed by atoms with E-state index < -0.39 is 14.9 Å². The van der Waals surface area contributed by atoms with Gasteiger partial charge in [-0.3, -0.25) is 14.7 Å². The van der Waals surface area contributed by atoms with E-state index in [0.717, 1.165) is 24.7 Å². The second-order valence-corrected chi connectivity index (χ2v) is 9.66.